The van der Waals surface area contributed by atoms with Gasteiger partial charge in [0.2, 0.25) is 0 Å². The highest BCUT2D eigenvalue weighted by molar-refractivity contribution is 5.92. The molecular weight excluding hydrogens is 320 g/mol. The molecule has 7 heteroatoms. The topological polar surface area (TPSA) is 96.3 Å². The molecule has 130 valence electrons. The lowest BCUT2D eigenvalue weighted by molar-refractivity contribution is -0.136. The number of hydrogen-bond donors (Lipinski definition) is 1. The summed E-state index contributed by atoms with van der Waals surface area (Å²) in [6.07, 6.45) is 3.71. The normalized spacial score (nSPS) is 16.8. The van der Waals surface area contributed by atoms with Gasteiger partial charge in [0.15, 0.2) is 0 Å². The van der Waals surface area contributed by atoms with Gasteiger partial charge in [-0.1, -0.05) is 6.07 Å². The van der Waals surface area contributed by atoms with E-state index in [0.717, 1.165) is 18.5 Å². The second-order valence-electron chi connectivity index (χ2n) is 6.10. The Morgan fingerprint density at radius 2 is 2.16 bits per heavy atom. The lowest BCUT2D eigenvalue weighted by atomic mass is 10.1. The molecule has 2 aromatic rings. The van der Waals surface area contributed by atoms with E-state index in [2.05, 4.69) is 15.0 Å². The highest BCUT2D eigenvalue weighted by atomic mass is 16.4. The molecule has 0 unspecified atom stereocenters. The summed E-state index contributed by atoms with van der Waals surface area (Å²) in [7, 11) is 0. The minimum absolute atomic E-state index is 0.0249. The molecule has 1 fully saturated rings. The Morgan fingerprint density at radius 3 is 2.88 bits per heavy atom. The molecule has 2 aromatic heterocycles. The average molecular weight is 340 g/mol. The third-order valence-corrected chi connectivity index (χ3v) is 4.24. The molecule has 3 rings (SSSR count). The Hall–Kier alpha value is -2.83. The van der Waals surface area contributed by atoms with Gasteiger partial charge in [-0.3, -0.25) is 14.6 Å². The van der Waals surface area contributed by atoms with Gasteiger partial charge in [-0.15, -0.1) is 0 Å². The average Bonchev–Trinajstić information content (AvgIpc) is 3.09. The van der Waals surface area contributed by atoms with Crippen LogP contribution in [0.3, 0.4) is 0 Å². The molecular formula is C18H20N4O3. The highest BCUT2D eigenvalue weighted by Gasteiger charge is 2.32. The van der Waals surface area contributed by atoms with Crippen molar-refractivity contribution in [1.82, 2.24) is 19.9 Å². The first-order valence-electron chi connectivity index (χ1n) is 8.33. The highest BCUT2D eigenvalue weighted by Crippen LogP contribution is 2.32. The van der Waals surface area contributed by atoms with Gasteiger partial charge in [0.05, 0.1) is 18.2 Å². The molecule has 0 saturated carbocycles. The SMILES string of the molecule is Cc1nc(CCC(=O)O)cc([C@H]2CCCN2C(=O)c2ccccn2)n1. The predicted octanol–water partition coefficient (Wildman–Crippen LogP) is 2.17. The summed E-state index contributed by atoms with van der Waals surface area (Å²) in [4.78, 5) is 38.3. The third kappa shape index (κ3) is 3.99. The van der Waals surface area contributed by atoms with E-state index in [1.54, 1.807) is 36.2 Å². The van der Waals surface area contributed by atoms with Crippen LogP contribution in [0.2, 0.25) is 0 Å². The molecule has 1 saturated heterocycles. The Balaban J connectivity index is 1.84. The Morgan fingerprint density at radius 1 is 1.32 bits per heavy atom. The number of carbonyl (C=O) groups excluding carboxylic acids is 1. The van der Waals surface area contributed by atoms with Gasteiger partial charge in [-0.25, -0.2) is 9.97 Å². The number of carboxylic acid groups (broad SMARTS) is 1. The van der Waals surface area contributed by atoms with Crippen LogP contribution in [0, 0.1) is 6.92 Å². The maximum absolute atomic E-state index is 12.8. The number of nitrogens with zero attached hydrogens (tertiary/aromatic N) is 4. The van der Waals surface area contributed by atoms with Crippen LogP contribution in [0.15, 0.2) is 30.5 Å². The zero-order chi connectivity index (χ0) is 17.8. The summed E-state index contributed by atoms with van der Waals surface area (Å²) < 4.78 is 0. The van der Waals surface area contributed by atoms with E-state index >= 15 is 0 Å². The summed E-state index contributed by atoms with van der Waals surface area (Å²) in [6.45, 7) is 2.45. The Bertz CT molecular complexity index is 779. The first-order valence-corrected chi connectivity index (χ1v) is 8.33. The van der Waals surface area contributed by atoms with Crippen LogP contribution in [0.4, 0.5) is 0 Å². The summed E-state index contributed by atoms with van der Waals surface area (Å²) >= 11 is 0. The van der Waals surface area contributed by atoms with Crippen LogP contribution < -0.4 is 0 Å². The fraction of sp³-hybridized carbons (Fsp3) is 0.389. The predicted molar refractivity (Wildman–Crippen MR) is 90.0 cm³/mol. The standard InChI is InChI=1S/C18H20N4O3/c1-12-20-13(7-8-17(23)24)11-15(21-12)16-6-4-10-22(16)18(25)14-5-2-3-9-19-14/h2-3,5,9,11,16H,4,6-8,10H2,1H3,(H,23,24)/t16-/m1/s1. The molecule has 7 nitrogen and oxygen atoms in total. The first kappa shape index (κ1) is 17.0. The number of rotatable bonds is 5. The minimum Gasteiger partial charge on any atom is -0.481 e. The molecule has 0 bridgehead atoms. The zero-order valence-electron chi connectivity index (χ0n) is 14.1. The van der Waals surface area contributed by atoms with E-state index in [9.17, 15) is 9.59 Å². The van der Waals surface area contributed by atoms with Gasteiger partial charge < -0.3 is 10.0 Å². The molecule has 25 heavy (non-hydrogen) atoms. The summed E-state index contributed by atoms with van der Waals surface area (Å²) in [5.74, 6) is -0.368. The van der Waals surface area contributed by atoms with E-state index in [0.29, 0.717) is 30.2 Å². The van der Waals surface area contributed by atoms with Gasteiger partial charge in [0.1, 0.15) is 11.5 Å². The molecule has 0 spiro atoms. The number of carboxylic acids is 1. The second kappa shape index (κ2) is 7.38. The number of pyridine rings is 1. The van der Waals surface area contributed by atoms with Gasteiger partial charge >= 0.3 is 5.97 Å². The fourth-order valence-corrected chi connectivity index (χ4v) is 3.14. The number of aliphatic carboxylic acids is 1. The van der Waals surface area contributed by atoms with E-state index in [-0.39, 0.29) is 18.4 Å². The molecule has 1 aliphatic rings. The summed E-state index contributed by atoms with van der Waals surface area (Å²) in [5, 5.41) is 8.86. The van der Waals surface area contributed by atoms with Crippen LogP contribution in [0.5, 0.6) is 0 Å². The molecule has 0 aliphatic carbocycles. The van der Waals surface area contributed by atoms with Crippen LogP contribution in [0.1, 0.15) is 53.0 Å². The molecule has 0 radical (unpaired) electrons. The second-order valence-corrected chi connectivity index (χ2v) is 6.10. The molecule has 1 N–H and O–H groups in total. The number of aromatic nitrogens is 3. The quantitative estimate of drug-likeness (QED) is 0.896. The smallest absolute Gasteiger partial charge is 0.303 e. The van der Waals surface area contributed by atoms with E-state index < -0.39 is 5.97 Å². The lowest BCUT2D eigenvalue weighted by Crippen LogP contribution is -2.31. The lowest BCUT2D eigenvalue weighted by Gasteiger charge is -2.24. The molecule has 1 aliphatic heterocycles. The summed E-state index contributed by atoms with van der Waals surface area (Å²) in [5.41, 5.74) is 1.89. The van der Waals surface area contributed by atoms with Gasteiger partial charge in [-0.05, 0) is 38.0 Å². The van der Waals surface area contributed by atoms with Crippen LogP contribution >= 0.6 is 0 Å². The Labute approximate surface area is 145 Å². The molecule has 1 atom stereocenters. The van der Waals surface area contributed by atoms with Crippen molar-refractivity contribution in [2.45, 2.75) is 38.6 Å². The van der Waals surface area contributed by atoms with E-state index in [4.69, 9.17) is 5.11 Å². The summed E-state index contributed by atoms with van der Waals surface area (Å²) in [6, 6.07) is 6.98. The van der Waals surface area contributed by atoms with Gasteiger partial charge in [0, 0.05) is 24.9 Å². The van der Waals surface area contributed by atoms with Crippen LogP contribution in [-0.2, 0) is 11.2 Å². The van der Waals surface area contributed by atoms with E-state index in [1.807, 2.05) is 6.07 Å². The van der Waals surface area contributed by atoms with Crippen LogP contribution in [-0.4, -0.2) is 43.4 Å². The van der Waals surface area contributed by atoms with Crippen molar-refractivity contribution in [2.24, 2.45) is 0 Å². The van der Waals surface area contributed by atoms with Crippen molar-refractivity contribution in [3.8, 4) is 0 Å². The van der Waals surface area contributed by atoms with Crippen molar-refractivity contribution in [1.29, 1.82) is 0 Å². The Kier molecular flexibility index (Phi) is 5.02. The maximum Gasteiger partial charge on any atom is 0.303 e. The van der Waals surface area contributed by atoms with E-state index in [1.165, 1.54) is 0 Å². The van der Waals surface area contributed by atoms with Crippen molar-refractivity contribution < 1.29 is 14.7 Å². The van der Waals surface area contributed by atoms with Crippen LogP contribution in [0.25, 0.3) is 0 Å². The number of amides is 1. The van der Waals surface area contributed by atoms with Gasteiger partial charge in [-0.2, -0.15) is 0 Å². The number of aryl methyl sites for hydroxylation is 2. The molecule has 3 heterocycles. The monoisotopic (exact) mass is 340 g/mol. The first-order chi connectivity index (χ1) is 12.0. The molecule has 0 aromatic carbocycles. The van der Waals surface area contributed by atoms with Crippen molar-refractivity contribution in [3.63, 3.8) is 0 Å². The van der Waals surface area contributed by atoms with Crippen molar-refractivity contribution in [2.75, 3.05) is 6.54 Å². The number of likely N-dealkylation sites (tertiary alicyclic amines) is 1. The number of hydrogen-bond acceptors (Lipinski definition) is 5. The fourth-order valence-electron chi connectivity index (χ4n) is 3.14. The zero-order valence-corrected chi connectivity index (χ0v) is 14.1. The van der Waals surface area contributed by atoms with Gasteiger partial charge in [0.25, 0.3) is 5.91 Å². The number of carbonyl (C=O) groups is 2. The molecule has 1 amide bonds. The largest absolute Gasteiger partial charge is 0.481 e. The van der Waals surface area contributed by atoms with Crippen molar-refractivity contribution in [3.05, 3.63) is 53.4 Å². The third-order valence-electron chi connectivity index (χ3n) is 4.24. The minimum atomic E-state index is -0.856. The maximum atomic E-state index is 12.8. The van der Waals surface area contributed by atoms with Crippen molar-refractivity contribution >= 4 is 11.9 Å².